The summed E-state index contributed by atoms with van der Waals surface area (Å²) in [6, 6.07) is -0.825. The smallest absolute Gasteiger partial charge is 0.305 e. The summed E-state index contributed by atoms with van der Waals surface area (Å²) in [7, 11) is 0. The van der Waals surface area contributed by atoms with E-state index in [-0.39, 0.29) is 18.5 Å². The molecule has 0 aromatic rings. The molecule has 79 heavy (non-hydrogen) atoms. The van der Waals surface area contributed by atoms with Crippen molar-refractivity contribution in [3.8, 4) is 0 Å². The Morgan fingerprint density at radius 1 is 0.456 bits per heavy atom. The fourth-order valence-corrected chi connectivity index (χ4v) is 10.6. The standard InChI is InChI=1S/C68H127NO10/c1-3-5-7-9-11-13-35-40-44-48-52-56-64(73)77-57-53-49-45-41-37-34-32-30-28-26-24-22-20-18-16-15-17-19-21-23-25-27-29-31-33-36-39-43-47-51-55-63(72)69-60(59-78-68-67(76)66(75)65(74)62(58-70)79-68)61(71)54-50-46-42-38-14-12-10-8-6-4-2/h14,16,18,38,50,54,60-62,65-68,70-71,74-76H,3-13,15,17,19-37,39-49,51-53,55-59H2,1-2H3,(H,69,72)/b18-16-,38-14+,54-50+. The van der Waals surface area contributed by atoms with Crippen LogP contribution in [-0.4, -0.2) is 100 Å². The van der Waals surface area contributed by atoms with E-state index in [4.69, 9.17) is 14.2 Å². The van der Waals surface area contributed by atoms with Gasteiger partial charge in [0, 0.05) is 12.8 Å². The van der Waals surface area contributed by atoms with E-state index in [1.54, 1.807) is 6.08 Å². The Morgan fingerprint density at radius 2 is 0.823 bits per heavy atom. The third-order valence-electron chi connectivity index (χ3n) is 16.0. The Bertz CT molecular complexity index is 1410. The SMILES string of the molecule is CCCCCC/C=C/CC/C=C/C(O)C(COC1OC(CO)C(O)C(O)C1O)NC(=O)CCCCCCCCCCCCCCCC/C=C\CCCCCCCCCCCCCCOC(=O)CCCCCCCCCCCCC. The Morgan fingerprint density at radius 3 is 1.27 bits per heavy atom. The summed E-state index contributed by atoms with van der Waals surface area (Å²) in [5.41, 5.74) is 0. The van der Waals surface area contributed by atoms with Gasteiger partial charge in [-0.15, -0.1) is 0 Å². The molecule has 1 rings (SSSR count). The summed E-state index contributed by atoms with van der Waals surface area (Å²) < 4.78 is 16.7. The van der Waals surface area contributed by atoms with E-state index in [2.05, 4.69) is 43.5 Å². The Labute approximate surface area is 485 Å². The molecule has 0 spiro atoms. The molecule has 1 fully saturated rings. The van der Waals surface area contributed by atoms with E-state index in [1.807, 2.05) is 6.08 Å². The number of amides is 1. The van der Waals surface area contributed by atoms with Gasteiger partial charge in [0.1, 0.15) is 24.4 Å². The van der Waals surface area contributed by atoms with Crippen molar-refractivity contribution in [1.82, 2.24) is 5.32 Å². The van der Waals surface area contributed by atoms with Gasteiger partial charge >= 0.3 is 5.97 Å². The Balaban J connectivity index is 1.95. The molecule has 0 bridgehead atoms. The summed E-state index contributed by atoms with van der Waals surface area (Å²) in [5, 5.41) is 54.3. The van der Waals surface area contributed by atoms with Crippen molar-refractivity contribution in [3.05, 3.63) is 36.5 Å². The van der Waals surface area contributed by atoms with Gasteiger partial charge in [-0.05, 0) is 70.6 Å². The molecule has 0 radical (unpaired) electrons. The topological polar surface area (TPSA) is 175 Å². The first-order chi connectivity index (χ1) is 38.7. The van der Waals surface area contributed by atoms with Crippen LogP contribution in [0.15, 0.2) is 36.5 Å². The van der Waals surface area contributed by atoms with Crippen LogP contribution in [0.2, 0.25) is 0 Å². The van der Waals surface area contributed by atoms with Crippen LogP contribution in [0, 0.1) is 0 Å². The number of rotatable bonds is 59. The summed E-state index contributed by atoms with van der Waals surface area (Å²) in [5.74, 6) is -0.183. The molecular formula is C68H127NO10. The first kappa shape index (κ1) is 74.9. The van der Waals surface area contributed by atoms with Gasteiger partial charge in [0.25, 0.3) is 0 Å². The van der Waals surface area contributed by atoms with E-state index in [9.17, 15) is 35.1 Å². The lowest BCUT2D eigenvalue weighted by Crippen LogP contribution is -2.60. The summed E-state index contributed by atoms with van der Waals surface area (Å²) in [6.45, 7) is 4.31. The molecule has 11 heteroatoms. The maximum Gasteiger partial charge on any atom is 0.305 e. The second-order valence-corrected chi connectivity index (χ2v) is 23.5. The zero-order valence-electron chi connectivity index (χ0n) is 51.3. The Hall–Kier alpha value is -2.12. The average molecular weight is 1120 g/mol. The number of carbonyl (C=O) groups is 2. The Kier molecular flexibility index (Phi) is 54.7. The molecule has 0 saturated carbocycles. The van der Waals surface area contributed by atoms with Crippen LogP contribution in [0.5, 0.6) is 0 Å². The quantitative estimate of drug-likeness (QED) is 0.0195. The number of carbonyl (C=O) groups excluding carboxylic acids is 2. The second kappa shape index (κ2) is 57.7. The molecule has 0 aromatic carbocycles. The molecule has 464 valence electrons. The van der Waals surface area contributed by atoms with Crippen LogP contribution in [0.25, 0.3) is 0 Å². The third kappa shape index (κ3) is 47.0. The molecular weight excluding hydrogens is 991 g/mol. The van der Waals surface area contributed by atoms with Crippen molar-refractivity contribution in [1.29, 1.82) is 0 Å². The molecule has 1 aliphatic heterocycles. The maximum absolute atomic E-state index is 13.0. The van der Waals surface area contributed by atoms with Gasteiger partial charge in [-0.3, -0.25) is 9.59 Å². The number of esters is 1. The van der Waals surface area contributed by atoms with Crippen LogP contribution in [0.1, 0.15) is 322 Å². The van der Waals surface area contributed by atoms with Crippen molar-refractivity contribution < 1.29 is 49.3 Å². The largest absolute Gasteiger partial charge is 0.466 e. The van der Waals surface area contributed by atoms with E-state index in [0.717, 1.165) is 57.8 Å². The number of allylic oxidation sites excluding steroid dienone is 5. The van der Waals surface area contributed by atoms with Gasteiger partial charge in [0.15, 0.2) is 6.29 Å². The van der Waals surface area contributed by atoms with Crippen molar-refractivity contribution in [3.63, 3.8) is 0 Å². The van der Waals surface area contributed by atoms with Crippen molar-refractivity contribution >= 4 is 11.9 Å². The molecule has 1 aliphatic rings. The van der Waals surface area contributed by atoms with E-state index in [0.29, 0.717) is 19.4 Å². The minimum Gasteiger partial charge on any atom is -0.466 e. The number of unbranched alkanes of at least 4 members (excludes halogenated alkanes) is 41. The summed E-state index contributed by atoms with van der Waals surface area (Å²) >= 11 is 0. The van der Waals surface area contributed by atoms with Gasteiger partial charge < -0.3 is 45.1 Å². The fraction of sp³-hybridized carbons (Fsp3) is 0.882. The van der Waals surface area contributed by atoms with Crippen LogP contribution >= 0.6 is 0 Å². The lowest BCUT2D eigenvalue weighted by Gasteiger charge is -2.40. The maximum atomic E-state index is 13.0. The molecule has 6 N–H and O–H groups in total. The first-order valence-corrected chi connectivity index (χ1v) is 33.8. The molecule has 1 amide bonds. The number of hydrogen-bond donors (Lipinski definition) is 6. The lowest BCUT2D eigenvalue weighted by atomic mass is 9.99. The van der Waals surface area contributed by atoms with Gasteiger partial charge in [0.2, 0.25) is 5.91 Å². The predicted octanol–water partition coefficient (Wildman–Crippen LogP) is 16.6. The van der Waals surface area contributed by atoms with Crippen LogP contribution < -0.4 is 5.32 Å². The lowest BCUT2D eigenvalue weighted by molar-refractivity contribution is -0.302. The van der Waals surface area contributed by atoms with Gasteiger partial charge in [-0.1, -0.05) is 275 Å². The predicted molar refractivity (Wildman–Crippen MR) is 329 cm³/mol. The van der Waals surface area contributed by atoms with Crippen molar-refractivity contribution in [2.75, 3.05) is 19.8 Å². The number of nitrogens with one attached hydrogen (secondary N) is 1. The van der Waals surface area contributed by atoms with Crippen molar-refractivity contribution in [2.45, 2.75) is 365 Å². The van der Waals surface area contributed by atoms with Crippen LogP contribution in [0.3, 0.4) is 0 Å². The van der Waals surface area contributed by atoms with E-state index >= 15 is 0 Å². The van der Waals surface area contributed by atoms with E-state index < -0.39 is 49.5 Å². The molecule has 0 aliphatic carbocycles. The zero-order valence-corrected chi connectivity index (χ0v) is 51.3. The van der Waals surface area contributed by atoms with Crippen molar-refractivity contribution in [2.24, 2.45) is 0 Å². The molecule has 0 aromatic heterocycles. The normalized spacial score (nSPS) is 18.6. The fourth-order valence-electron chi connectivity index (χ4n) is 10.6. The van der Waals surface area contributed by atoms with Crippen LogP contribution in [-0.2, 0) is 23.8 Å². The molecule has 1 saturated heterocycles. The summed E-state index contributed by atoms with van der Waals surface area (Å²) in [6.07, 6.45) is 62.9. The minimum absolute atomic E-state index is 0.00829. The van der Waals surface area contributed by atoms with Gasteiger partial charge in [-0.25, -0.2) is 0 Å². The minimum atomic E-state index is -1.57. The first-order valence-electron chi connectivity index (χ1n) is 33.8. The molecule has 11 nitrogen and oxygen atoms in total. The molecule has 7 unspecified atom stereocenters. The second-order valence-electron chi connectivity index (χ2n) is 23.5. The number of ether oxygens (including phenoxy) is 3. The number of hydrogen-bond acceptors (Lipinski definition) is 10. The zero-order chi connectivity index (χ0) is 57.3. The highest BCUT2D eigenvalue weighted by Gasteiger charge is 2.44. The number of aliphatic hydroxyl groups excluding tert-OH is 5. The molecule has 7 atom stereocenters. The van der Waals surface area contributed by atoms with Crippen LogP contribution in [0.4, 0.5) is 0 Å². The third-order valence-corrected chi connectivity index (χ3v) is 16.0. The summed E-state index contributed by atoms with van der Waals surface area (Å²) in [4.78, 5) is 25.0. The van der Waals surface area contributed by atoms with Gasteiger partial charge in [0.05, 0.1) is 32.0 Å². The van der Waals surface area contributed by atoms with Gasteiger partial charge in [-0.2, -0.15) is 0 Å². The monoisotopic (exact) mass is 1120 g/mol. The molecule has 1 heterocycles. The highest BCUT2D eigenvalue weighted by molar-refractivity contribution is 5.76. The number of aliphatic hydroxyl groups is 5. The average Bonchev–Trinajstić information content (AvgIpc) is 3.51. The highest BCUT2D eigenvalue weighted by atomic mass is 16.7. The highest BCUT2D eigenvalue weighted by Crippen LogP contribution is 2.23. The van der Waals surface area contributed by atoms with E-state index in [1.165, 1.54) is 238 Å².